The van der Waals surface area contributed by atoms with E-state index in [2.05, 4.69) is 10.7 Å². The molecule has 0 amide bonds. The first-order chi connectivity index (χ1) is 2.41. The molecule has 3 heteroatoms. The fourth-order valence-electron chi connectivity index (χ4n) is 0.0385. The minimum atomic E-state index is 0.625. The van der Waals surface area contributed by atoms with Crippen molar-refractivity contribution in [1.29, 1.82) is 0 Å². The van der Waals surface area contributed by atoms with Gasteiger partial charge in [0.1, 0.15) is 6.34 Å². The van der Waals surface area contributed by atoms with Gasteiger partial charge >= 0.3 is 0 Å². The molecule has 0 unspecified atom stereocenters. The summed E-state index contributed by atoms with van der Waals surface area (Å²) in [5.74, 6) is 0. The Labute approximate surface area is 30.0 Å². The predicted octanol–water partition coefficient (Wildman–Crippen LogP) is -1.20. The average molecular weight is 70.1 g/mol. The lowest BCUT2D eigenvalue weighted by Crippen LogP contribution is -1.86. The molecule has 0 aliphatic heterocycles. The standard InChI is InChI=1S/C2H4N3/c3-1-5-2-4/h1-2H,(H2,3,5). The minimum Gasteiger partial charge on any atom is -0.390 e. The maximum absolute atomic E-state index is 7.66. The van der Waals surface area contributed by atoms with Crippen LogP contribution in [0.1, 0.15) is 0 Å². The van der Waals surface area contributed by atoms with Crippen LogP contribution in [0.3, 0.4) is 0 Å². The van der Waals surface area contributed by atoms with Gasteiger partial charge in [-0.2, -0.15) is 0 Å². The molecule has 0 aromatic rings. The molecule has 0 atom stereocenters. The van der Waals surface area contributed by atoms with Crippen molar-refractivity contribution in [2.45, 2.75) is 0 Å². The first kappa shape index (κ1) is 4.14. The minimum absolute atomic E-state index is 0.625. The van der Waals surface area contributed by atoms with Crippen LogP contribution in [-0.4, -0.2) is 12.7 Å². The zero-order valence-electron chi connectivity index (χ0n) is 2.63. The van der Waals surface area contributed by atoms with Crippen molar-refractivity contribution < 1.29 is 0 Å². The van der Waals surface area contributed by atoms with Gasteiger partial charge in [-0.1, -0.05) is 0 Å². The number of nitrogens with two attached hydrogens (primary N) is 1. The highest BCUT2D eigenvalue weighted by Gasteiger charge is 1.43. The van der Waals surface area contributed by atoms with Gasteiger partial charge in [-0.05, 0) is 0 Å². The highest BCUT2D eigenvalue weighted by Crippen LogP contribution is 1.34. The van der Waals surface area contributed by atoms with E-state index in [4.69, 9.17) is 5.41 Å². The van der Waals surface area contributed by atoms with Gasteiger partial charge in [0, 0.05) is 0 Å². The van der Waals surface area contributed by atoms with E-state index in [1.165, 1.54) is 0 Å². The molecule has 0 aromatic heterocycles. The molecule has 0 spiro atoms. The molecule has 0 bridgehead atoms. The molecule has 0 saturated heterocycles. The zero-order valence-corrected chi connectivity index (χ0v) is 2.63. The number of hydrogen-bond donors (Lipinski definition) is 1. The fraction of sp³-hybridized carbons (Fsp3) is 0. The van der Waals surface area contributed by atoms with E-state index in [1.807, 2.05) is 0 Å². The Morgan fingerprint density at radius 1 is 1.80 bits per heavy atom. The molecule has 0 heterocycles. The first-order valence-electron chi connectivity index (χ1n) is 1.11. The lowest BCUT2D eigenvalue weighted by atomic mass is 11.2. The maximum Gasteiger partial charge on any atom is 0.139 e. The Balaban J connectivity index is 2.92. The predicted molar refractivity (Wildman–Crippen MR) is 20.9 cm³/mol. The largest absolute Gasteiger partial charge is 0.390 e. The summed E-state index contributed by atoms with van der Waals surface area (Å²) in [7, 11) is 0. The summed E-state index contributed by atoms with van der Waals surface area (Å²) in [6, 6.07) is 0. The Morgan fingerprint density at radius 2 is 2.40 bits per heavy atom. The summed E-state index contributed by atoms with van der Waals surface area (Å²) in [4.78, 5) is 3.06. The van der Waals surface area contributed by atoms with Crippen LogP contribution >= 0.6 is 0 Å². The molecule has 2 N–H and O–H groups in total. The van der Waals surface area contributed by atoms with Crippen LogP contribution in [0.25, 0.3) is 0 Å². The van der Waals surface area contributed by atoms with E-state index < -0.39 is 0 Å². The van der Waals surface area contributed by atoms with Crippen molar-refractivity contribution in [3.63, 3.8) is 0 Å². The Kier molecular flexibility index (Phi) is 2.60. The third-order valence-corrected chi connectivity index (χ3v) is 0.153. The van der Waals surface area contributed by atoms with E-state index in [-0.39, 0.29) is 0 Å². The topological polar surface area (TPSA) is 60.7 Å². The summed E-state index contributed by atoms with van der Waals surface area (Å²) in [6.45, 7) is 0. The van der Waals surface area contributed by atoms with E-state index in [1.54, 1.807) is 0 Å². The Morgan fingerprint density at radius 3 is 2.40 bits per heavy atom. The second-order valence-electron chi connectivity index (χ2n) is 0.414. The van der Waals surface area contributed by atoms with Crippen molar-refractivity contribution >= 4 is 12.7 Å². The van der Waals surface area contributed by atoms with Crippen LogP contribution < -0.4 is 11.1 Å². The highest BCUT2D eigenvalue weighted by molar-refractivity contribution is 5.67. The van der Waals surface area contributed by atoms with Gasteiger partial charge in [0.2, 0.25) is 0 Å². The Bertz CT molecular complexity index is 46.9. The SMILES string of the molecule is [N]=C/N=C/N. The van der Waals surface area contributed by atoms with Gasteiger partial charge in [0.15, 0.2) is 0 Å². The number of hydrogen-bond acceptors (Lipinski definition) is 0. The lowest BCUT2D eigenvalue weighted by Gasteiger charge is -1.57. The van der Waals surface area contributed by atoms with E-state index in [0.29, 0.717) is 6.34 Å². The molecular formula is C2H4N3. The lowest BCUT2D eigenvalue weighted by molar-refractivity contribution is 1.68. The monoisotopic (exact) mass is 70.0 g/mol. The van der Waals surface area contributed by atoms with Gasteiger partial charge in [-0.25, -0.2) is 4.99 Å². The normalized spacial score (nSPS) is 8.80. The van der Waals surface area contributed by atoms with Crippen LogP contribution in [-0.2, 0) is 0 Å². The van der Waals surface area contributed by atoms with E-state index in [9.17, 15) is 0 Å². The highest BCUT2D eigenvalue weighted by atomic mass is 14.8. The molecule has 3 nitrogen and oxygen atoms in total. The van der Waals surface area contributed by atoms with E-state index in [0.717, 1.165) is 6.34 Å². The van der Waals surface area contributed by atoms with Crippen LogP contribution in [0.2, 0.25) is 0 Å². The average Bonchev–Trinajstić information content (AvgIpc) is 1.41. The van der Waals surface area contributed by atoms with Gasteiger partial charge in [0.05, 0.1) is 6.34 Å². The third kappa shape index (κ3) is 3.14. The molecule has 0 aliphatic carbocycles. The fourth-order valence-corrected chi connectivity index (χ4v) is 0.0385. The second kappa shape index (κ2) is 3.14. The van der Waals surface area contributed by atoms with Crippen molar-refractivity contribution in [3.05, 3.63) is 0 Å². The van der Waals surface area contributed by atoms with Crippen LogP contribution in [0.5, 0.6) is 0 Å². The molecule has 0 rings (SSSR count). The molecule has 0 aromatic carbocycles. The molecule has 27 valence electrons. The number of aliphatic imine (C=N–C) groups is 1. The third-order valence-electron chi connectivity index (χ3n) is 0.153. The molecule has 0 saturated carbocycles. The van der Waals surface area contributed by atoms with Crippen LogP contribution in [0.15, 0.2) is 4.99 Å². The number of nitrogens with zero attached hydrogens (tertiary/aromatic N) is 2. The van der Waals surface area contributed by atoms with E-state index >= 15 is 0 Å². The molecule has 5 heavy (non-hydrogen) atoms. The number of rotatable bonds is 1. The maximum atomic E-state index is 7.66. The van der Waals surface area contributed by atoms with Crippen LogP contribution in [0, 0.1) is 0 Å². The summed E-state index contributed by atoms with van der Waals surface area (Å²) in [5, 5.41) is 7.66. The zero-order chi connectivity index (χ0) is 4.12. The van der Waals surface area contributed by atoms with Crippen molar-refractivity contribution in [2.24, 2.45) is 10.7 Å². The van der Waals surface area contributed by atoms with Crippen molar-refractivity contribution in [2.75, 3.05) is 0 Å². The first-order valence-corrected chi connectivity index (χ1v) is 1.11. The smallest absolute Gasteiger partial charge is 0.139 e. The molecule has 1 radical (unpaired) electrons. The van der Waals surface area contributed by atoms with Crippen molar-refractivity contribution in [1.82, 2.24) is 5.41 Å². The molecule has 0 fully saturated rings. The van der Waals surface area contributed by atoms with Gasteiger partial charge < -0.3 is 5.73 Å². The van der Waals surface area contributed by atoms with Crippen LogP contribution in [0.4, 0.5) is 0 Å². The second-order valence-corrected chi connectivity index (χ2v) is 0.414. The van der Waals surface area contributed by atoms with Crippen molar-refractivity contribution in [3.8, 4) is 0 Å². The quantitative estimate of drug-likeness (QED) is 0.306. The van der Waals surface area contributed by atoms with Gasteiger partial charge in [-0.15, -0.1) is 5.41 Å². The molecular weight excluding hydrogens is 66.0 g/mol. The van der Waals surface area contributed by atoms with Gasteiger partial charge in [-0.3, -0.25) is 0 Å². The summed E-state index contributed by atoms with van der Waals surface area (Å²) >= 11 is 0. The van der Waals surface area contributed by atoms with Gasteiger partial charge in [0.25, 0.3) is 0 Å². The summed E-state index contributed by atoms with van der Waals surface area (Å²) in [6.07, 6.45) is 1.62. The summed E-state index contributed by atoms with van der Waals surface area (Å²) in [5.41, 5.74) is 4.66. The summed E-state index contributed by atoms with van der Waals surface area (Å²) < 4.78 is 0. The molecule has 0 aliphatic rings. The Hall–Kier alpha value is -0.860.